The lowest BCUT2D eigenvalue weighted by Crippen LogP contribution is -2.15. The first-order valence-corrected chi connectivity index (χ1v) is 9.48. The number of amides is 1. The van der Waals surface area contributed by atoms with Crippen molar-refractivity contribution in [2.24, 2.45) is 0 Å². The molecule has 0 saturated carbocycles. The fourth-order valence-corrected chi connectivity index (χ4v) is 4.52. The molecule has 4 nitrogen and oxygen atoms in total. The van der Waals surface area contributed by atoms with Gasteiger partial charge in [0.25, 0.3) is 0 Å². The van der Waals surface area contributed by atoms with Gasteiger partial charge in [-0.25, -0.2) is 9.97 Å². The zero-order valence-corrected chi connectivity index (χ0v) is 15.8. The van der Waals surface area contributed by atoms with E-state index < -0.39 is 0 Å². The molecule has 0 saturated heterocycles. The molecular formula is C18H19N3OS2. The molecule has 0 bridgehead atoms. The molecule has 0 spiro atoms. The summed E-state index contributed by atoms with van der Waals surface area (Å²) in [6.45, 7) is 8.06. The van der Waals surface area contributed by atoms with E-state index in [4.69, 9.17) is 0 Å². The number of aryl methyl sites for hydroxylation is 4. The number of aromatic nitrogens is 2. The molecule has 3 rings (SSSR count). The highest BCUT2D eigenvalue weighted by molar-refractivity contribution is 8.00. The van der Waals surface area contributed by atoms with Crippen molar-refractivity contribution in [3.05, 3.63) is 46.1 Å². The second kappa shape index (κ2) is 6.91. The van der Waals surface area contributed by atoms with Crippen molar-refractivity contribution in [1.82, 2.24) is 9.97 Å². The number of benzene rings is 1. The Morgan fingerprint density at radius 3 is 2.67 bits per heavy atom. The molecule has 0 fully saturated rings. The van der Waals surface area contributed by atoms with Gasteiger partial charge in [0, 0.05) is 16.0 Å². The molecule has 1 amide bonds. The van der Waals surface area contributed by atoms with Crippen molar-refractivity contribution in [3.63, 3.8) is 0 Å². The van der Waals surface area contributed by atoms with Crippen molar-refractivity contribution in [2.45, 2.75) is 32.7 Å². The highest BCUT2D eigenvalue weighted by Gasteiger charge is 2.15. The zero-order chi connectivity index (χ0) is 17.3. The Morgan fingerprint density at radius 2 is 1.92 bits per heavy atom. The van der Waals surface area contributed by atoms with Gasteiger partial charge in [-0.05, 0) is 44.9 Å². The summed E-state index contributed by atoms with van der Waals surface area (Å²) in [6.07, 6.45) is 0. The number of hydrogen-bond acceptors (Lipinski definition) is 5. The molecule has 6 heteroatoms. The number of nitrogens with zero attached hydrogens (tertiary/aromatic N) is 2. The smallest absolute Gasteiger partial charge is 0.234 e. The van der Waals surface area contributed by atoms with Crippen LogP contribution in [0.5, 0.6) is 0 Å². The number of para-hydroxylation sites is 1. The molecule has 24 heavy (non-hydrogen) atoms. The first-order valence-electron chi connectivity index (χ1n) is 7.68. The van der Waals surface area contributed by atoms with Gasteiger partial charge in [-0.2, -0.15) is 0 Å². The average molecular weight is 358 g/mol. The SMILES string of the molecule is Cc1nc(SCC(=O)Nc2ccccc2C)c2c(C)c(C)sc2n1. The fraction of sp³-hybridized carbons (Fsp3) is 0.278. The molecule has 0 aliphatic rings. The Balaban J connectivity index is 1.78. The standard InChI is InChI=1S/C18H19N3OS2/c1-10-7-5-6-8-14(10)21-15(22)9-23-17-16-11(2)12(3)24-18(16)20-13(4)19-17/h5-8H,9H2,1-4H3,(H,21,22). The van der Waals surface area contributed by atoms with Crippen LogP contribution in [0.2, 0.25) is 0 Å². The lowest BCUT2D eigenvalue weighted by atomic mass is 10.2. The highest BCUT2D eigenvalue weighted by Crippen LogP contribution is 2.35. The maximum atomic E-state index is 12.3. The van der Waals surface area contributed by atoms with Crippen LogP contribution in [0.1, 0.15) is 21.8 Å². The van der Waals surface area contributed by atoms with Crippen molar-refractivity contribution in [2.75, 3.05) is 11.1 Å². The van der Waals surface area contributed by atoms with E-state index in [0.29, 0.717) is 5.75 Å². The number of carbonyl (C=O) groups is 1. The minimum absolute atomic E-state index is 0.0247. The molecule has 0 radical (unpaired) electrons. The second-order valence-electron chi connectivity index (χ2n) is 5.69. The van der Waals surface area contributed by atoms with Gasteiger partial charge in [0.15, 0.2) is 0 Å². The molecule has 1 N–H and O–H groups in total. The fourth-order valence-electron chi connectivity index (χ4n) is 2.45. The number of hydrogen-bond donors (Lipinski definition) is 1. The van der Waals surface area contributed by atoms with E-state index in [1.807, 2.05) is 38.1 Å². The third-order valence-electron chi connectivity index (χ3n) is 3.87. The van der Waals surface area contributed by atoms with E-state index in [9.17, 15) is 4.79 Å². The summed E-state index contributed by atoms with van der Waals surface area (Å²) in [7, 11) is 0. The van der Waals surface area contributed by atoms with E-state index in [-0.39, 0.29) is 5.91 Å². The van der Waals surface area contributed by atoms with Gasteiger partial charge in [-0.3, -0.25) is 4.79 Å². The van der Waals surface area contributed by atoms with Crippen LogP contribution in [0.3, 0.4) is 0 Å². The molecule has 1 aromatic carbocycles. The van der Waals surface area contributed by atoms with Crippen LogP contribution >= 0.6 is 23.1 Å². The summed E-state index contributed by atoms with van der Waals surface area (Å²) < 4.78 is 0. The lowest BCUT2D eigenvalue weighted by molar-refractivity contribution is -0.113. The van der Waals surface area contributed by atoms with Crippen LogP contribution in [0, 0.1) is 27.7 Å². The van der Waals surface area contributed by atoms with E-state index in [1.54, 1.807) is 11.3 Å². The Labute approximate surface area is 149 Å². The molecule has 3 aromatic rings. The van der Waals surface area contributed by atoms with Gasteiger partial charge in [0.05, 0.1) is 5.75 Å². The van der Waals surface area contributed by atoms with Gasteiger partial charge in [-0.15, -0.1) is 11.3 Å². The van der Waals surface area contributed by atoms with Crippen LogP contribution in [0.15, 0.2) is 29.3 Å². The van der Waals surface area contributed by atoms with Crippen molar-refractivity contribution in [3.8, 4) is 0 Å². The number of thiophene rings is 1. The molecular weight excluding hydrogens is 338 g/mol. The molecule has 2 aromatic heterocycles. The summed E-state index contributed by atoms with van der Waals surface area (Å²) in [6, 6.07) is 7.78. The normalized spacial score (nSPS) is 11.0. The number of fused-ring (bicyclic) bond motifs is 1. The summed E-state index contributed by atoms with van der Waals surface area (Å²) in [5.41, 5.74) is 3.12. The maximum absolute atomic E-state index is 12.3. The Bertz CT molecular complexity index is 918. The molecule has 124 valence electrons. The van der Waals surface area contributed by atoms with Crippen LogP contribution in [0.25, 0.3) is 10.2 Å². The molecule has 2 heterocycles. The van der Waals surface area contributed by atoms with Crippen molar-refractivity contribution < 1.29 is 4.79 Å². The summed E-state index contributed by atoms with van der Waals surface area (Å²) in [5.74, 6) is 1.04. The van der Waals surface area contributed by atoms with Crippen molar-refractivity contribution >= 4 is 44.9 Å². The number of carbonyl (C=O) groups excluding carboxylic acids is 1. The van der Waals surface area contributed by atoms with Gasteiger partial charge in [-0.1, -0.05) is 30.0 Å². The molecule has 0 atom stereocenters. The monoisotopic (exact) mass is 357 g/mol. The number of anilines is 1. The largest absolute Gasteiger partial charge is 0.325 e. The quantitative estimate of drug-likeness (QED) is 0.545. The second-order valence-corrected chi connectivity index (χ2v) is 7.86. The molecule has 0 unspecified atom stereocenters. The lowest BCUT2D eigenvalue weighted by Gasteiger charge is -2.08. The summed E-state index contributed by atoms with van der Waals surface area (Å²) in [5, 5.41) is 4.93. The van der Waals surface area contributed by atoms with Crippen molar-refractivity contribution in [1.29, 1.82) is 0 Å². The Hall–Kier alpha value is -1.92. The number of rotatable bonds is 4. The average Bonchev–Trinajstić information content (AvgIpc) is 2.81. The number of nitrogens with one attached hydrogen (secondary N) is 1. The summed E-state index contributed by atoms with van der Waals surface area (Å²) in [4.78, 5) is 23.6. The zero-order valence-electron chi connectivity index (χ0n) is 14.1. The van der Waals surface area contributed by atoms with E-state index in [1.165, 1.54) is 22.2 Å². The maximum Gasteiger partial charge on any atom is 0.234 e. The predicted molar refractivity (Wildman–Crippen MR) is 102 cm³/mol. The number of thioether (sulfide) groups is 1. The van der Waals surface area contributed by atoms with Crippen LogP contribution in [-0.4, -0.2) is 21.6 Å². The topological polar surface area (TPSA) is 54.9 Å². The minimum atomic E-state index is -0.0247. The van der Waals surface area contributed by atoms with E-state index in [0.717, 1.165) is 32.3 Å². The molecule has 0 aliphatic carbocycles. The first kappa shape index (κ1) is 16.9. The minimum Gasteiger partial charge on any atom is -0.325 e. The van der Waals surface area contributed by atoms with Crippen LogP contribution in [-0.2, 0) is 4.79 Å². The van der Waals surface area contributed by atoms with Gasteiger partial charge < -0.3 is 5.32 Å². The van der Waals surface area contributed by atoms with Gasteiger partial charge in [0.2, 0.25) is 5.91 Å². The first-order chi connectivity index (χ1) is 11.5. The third kappa shape index (κ3) is 3.44. The Morgan fingerprint density at radius 1 is 1.17 bits per heavy atom. The Kier molecular flexibility index (Phi) is 4.87. The predicted octanol–water partition coefficient (Wildman–Crippen LogP) is 4.66. The highest BCUT2D eigenvalue weighted by atomic mass is 32.2. The van der Waals surface area contributed by atoms with Crippen LogP contribution < -0.4 is 5.32 Å². The summed E-state index contributed by atoms with van der Waals surface area (Å²) >= 11 is 3.15. The third-order valence-corrected chi connectivity index (χ3v) is 5.94. The van der Waals surface area contributed by atoms with Gasteiger partial charge in [0.1, 0.15) is 15.7 Å². The van der Waals surface area contributed by atoms with Gasteiger partial charge >= 0.3 is 0 Å². The van der Waals surface area contributed by atoms with E-state index >= 15 is 0 Å². The van der Waals surface area contributed by atoms with Crippen LogP contribution in [0.4, 0.5) is 5.69 Å². The van der Waals surface area contributed by atoms with E-state index in [2.05, 4.69) is 29.1 Å². The molecule has 0 aliphatic heterocycles.